The van der Waals surface area contributed by atoms with Crippen LogP contribution in [-0.2, 0) is 17.9 Å². The topological polar surface area (TPSA) is 61.1 Å². The summed E-state index contributed by atoms with van der Waals surface area (Å²) < 4.78 is 21.5. The lowest BCUT2D eigenvalue weighted by Gasteiger charge is -2.20. The maximum Gasteiger partial charge on any atom is 0.289 e. The van der Waals surface area contributed by atoms with Crippen molar-refractivity contribution in [1.82, 2.24) is 4.90 Å². The Kier molecular flexibility index (Phi) is 4.52. The van der Waals surface area contributed by atoms with Gasteiger partial charge < -0.3 is 23.5 Å². The number of nitrogens with zero attached hydrogens (tertiary/aromatic N) is 1. The summed E-state index contributed by atoms with van der Waals surface area (Å²) in [5.74, 6) is 2.21. The summed E-state index contributed by atoms with van der Waals surface area (Å²) in [6.45, 7) is 1.90. The van der Waals surface area contributed by atoms with Crippen molar-refractivity contribution in [1.29, 1.82) is 0 Å². The first kappa shape index (κ1) is 15.4. The van der Waals surface area contributed by atoms with Gasteiger partial charge in [0, 0.05) is 20.7 Å². The molecule has 2 aromatic rings. The highest BCUT2D eigenvalue weighted by Crippen LogP contribution is 2.31. The van der Waals surface area contributed by atoms with Crippen LogP contribution in [0.5, 0.6) is 11.5 Å². The first-order valence-electron chi connectivity index (χ1n) is 7.39. The standard InChI is InChI=1S/C17H19NO5/c1-18(17(19)15-6-4-13(23-15)11-20-2)10-12-3-5-14-16(9-12)22-8-7-21-14/h3-6,9H,7-8,10-11H2,1-2H3. The summed E-state index contributed by atoms with van der Waals surface area (Å²) in [6.07, 6.45) is 0. The molecule has 0 saturated carbocycles. The maximum absolute atomic E-state index is 12.4. The van der Waals surface area contributed by atoms with Crippen LogP contribution < -0.4 is 9.47 Å². The van der Waals surface area contributed by atoms with Gasteiger partial charge in [-0.15, -0.1) is 0 Å². The van der Waals surface area contributed by atoms with Crippen LogP contribution in [0.2, 0.25) is 0 Å². The van der Waals surface area contributed by atoms with Crippen molar-refractivity contribution < 1.29 is 23.4 Å². The zero-order valence-corrected chi connectivity index (χ0v) is 13.2. The summed E-state index contributed by atoms with van der Waals surface area (Å²) in [5, 5.41) is 0. The van der Waals surface area contributed by atoms with Crippen molar-refractivity contribution in [3.63, 3.8) is 0 Å². The molecule has 0 aliphatic carbocycles. The molecule has 6 nitrogen and oxygen atoms in total. The molecular formula is C17H19NO5. The molecule has 23 heavy (non-hydrogen) atoms. The van der Waals surface area contributed by atoms with Gasteiger partial charge >= 0.3 is 0 Å². The summed E-state index contributed by atoms with van der Waals surface area (Å²) >= 11 is 0. The van der Waals surface area contributed by atoms with Gasteiger partial charge in [0.05, 0.1) is 0 Å². The van der Waals surface area contributed by atoms with Crippen LogP contribution in [0, 0.1) is 0 Å². The second kappa shape index (κ2) is 6.75. The molecule has 1 aliphatic heterocycles. The van der Waals surface area contributed by atoms with Gasteiger partial charge in [-0.2, -0.15) is 0 Å². The SMILES string of the molecule is COCc1ccc(C(=O)N(C)Cc2ccc3c(c2)OCCO3)o1. The van der Waals surface area contributed by atoms with E-state index in [9.17, 15) is 4.79 Å². The fraction of sp³-hybridized carbons (Fsp3) is 0.353. The molecule has 0 N–H and O–H groups in total. The van der Waals surface area contributed by atoms with E-state index in [1.807, 2.05) is 18.2 Å². The minimum absolute atomic E-state index is 0.178. The van der Waals surface area contributed by atoms with Gasteiger partial charge in [-0.05, 0) is 29.8 Å². The number of methoxy groups -OCH3 is 1. The number of fused-ring (bicyclic) bond motifs is 1. The lowest BCUT2D eigenvalue weighted by atomic mass is 10.2. The van der Waals surface area contributed by atoms with Gasteiger partial charge in [-0.1, -0.05) is 6.07 Å². The number of amides is 1. The fourth-order valence-electron chi connectivity index (χ4n) is 2.43. The van der Waals surface area contributed by atoms with Crippen molar-refractivity contribution in [2.45, 2.75) is 13.2 Å². The zero-order valence-electron chi connectivity index (χ0n) is 13.2. The average Bonchev–Trinajstić information content (AvgIpc) is 3.03. The van der Waals surface area contributed by atoms with Crippen molar-refractivity contribution in [2.24, 2.45) is 0 Å². The average molecular weight is 317 g/mol. The normalized spacial score (nSPS) is 13.0. The molecule has 2 heterocycles. The number of ether oxygens (including phenoxy) is 3. The molecule has 1 aromatic heterocycles. The summed E-state index contributed by atoms with van der Waals surface area (Å²) in [7, 11) is 3.32. The fourth-order valence-corrected chi connectivity index (χ4v) is 2.43. The molecule has 122 valence electrons. The van der Waals surface area contributed by atoms with Crippen molar-refractivity contribution in [2.75, 3.05) is 27.4 Å². The number of carbonyl (C=O) groups is 1. The lowest BCUT2D eigenvalue weighted by Crippen LogP contribution is -2.26. The van der Waals surface area contributed by atoms with Crippen LogP contribution in [0.15, 0.2) is 34.7 Å². The van der Waals surface area contributed by atoms with E-state index in [4.69, 9.17) is 18.6 Å². The Bertz CT molecular complexity index is 694. The quantitative estimate of drug-likeness (QED) is 0.848. The molecule has 3 rings (SSSR count). The number of benzene rings is 1. The molecule has 0 bridgehead atoms. The van der Waals surface area contributed by atoms with Crippen LogP contribution >= 0.6 is 0 Å². The van der Waals surface area contributed by atoms with E-state index in [0.717, 1.165) is 17.1 Å². The monoisotopic (exact) mass is 317 g/mol. The maximum atomic E-state index is 12.4. The number of rotatable bonds is 5. The molecule has 6 heteroatoms. The molecule has 1 aromatic carbocycles. The molecule has 0 radical (unpaired) electrons. The van der Waals surface area contributed by atoms with E-state index in [1.54, 1.807) is 31.2 Å². The van der Waals surface area contributed by atoms with Crippen LogP contribution in [0.3, 0.4) is 0 Å². The number of hydrogen-bond acceptors (Lipinski definition) is 5. The van der Waals surface area contributed by atoms with Gasteiger partial charge in [0.1, 0.15) is 25.6 Å². The van der Waals surface area contributed by atoms with E-state index in [0.29, 0.717) is 37.9 Å². The third-order valence-corrected chi connectivity index (χ3v) is 3.53. The van der Waals surface area contributed by atoms with Gasteiger partial charge in [-0.3, -0.25) is 4.79 Å². The van der Waals surface area contributed by atoms with E-state index in [2.05, 4.69) is 0 Å². The number of furan rings is 1. The highest BCUT2D eigenvalue weighted by atomic mass is 16.6. The highest BCUT2D eigenvalue weighted by molar-refractivity contribution is 5.91. The summed E-state index contributed by atoms with van der Waals surface area (Å²) in [4.78, 5) is 14.0. The van der Waals surface area contributed by atoms with Crippen LogP contribution in [0.1, 0.15) is 21.9 Å². The van der Waals surface area contributed by atoms with Crippen LogP contribution in [-0.4, -0.2) is 38.2 Å². The molecule has 0 saturated heterocycles. The minimum Gasteiger partial charge on any atom is -0.486 e. The van der Waals surface area contributed by atoms with E-state index < -0.39 is 0 Å². The lowest BCUT2D eigenvalue weighted by molar-refractivity contribution is 0.0745. The summed E-state index contributed by atoms with van der Waals surface area (Å²) in [6, 6.07) is 9.10. The second-order valence-corrected chi connectivity index (χ2v) is 5.34. The Morgan fingerprint density at radius 1 is 1.17 bits per heavy atom. The van der Waals surface area contributed by atoms with Crippen molar-refractivity contribution >= 4 is 5.91 Å². The first-order valence-corrected chi connectivity index (χ1v) is 7.39. The molecule has 0 atom stereocenters. The highest BCUT2D eigenvalue weighted by Gasteiger charge is 2.18. The van der Waals surface area contributed by atoms with Crippen LogP contribution in [0.4, 0.5) is 0 Å². The molecule has 0 spiro atoms. The molecule has 1 aliphatic rings. The summed E-state index contributed by atoms with van der Waals surface area (Å²) in [5.41, 5.74) is 0.966. The largest absolute Gasteiger partial charge is 0.486 e. The predicted molar refractivity (Wildman–Crippen MR) is 82.7 cm³/mol. The Labute approximate surface area is 134 Å². The second-order valence-electron chi connectivity index (χ2n) is 5.34. The van der Waals surface area contributed by atoms with Crippen molar-refractivity contribution in [3.8, 4) is 11.5 Å². The first-order chi connectivity index (χ1) is 11.2. The van der Waals surface area contributed by atoms with Crippen molar-refractivity contribution in [3.05, 3.63) is 47.4 Å². The molecular weight excluding hydrogens is 298 g/mol. The number of carbonyl (C=O) groups excluding carboxylic acids is 1. The third-order valence-electron chi connectivity index (χ3n) is 3.53. The minimum atomic E-state index is -0.178. The predicted octanol–water partition coefficient (Wildman–Crippen LogP) is 2.47. The van der Waals surface area contributed by atoms with Crippen LogP contribution in [0.25, 0.3) is 0 Å². The number of hydrogen-bond donors (Lipinski definition) is 0. The Balaban J connectivity index is 1.68. The van der Waals surface area contributed by atoms with Gasteiger partial charge in [-0.25, -0.2) is 0 Å². The smallest absolute Gasteiger partial charge is 0.289 e. The van der Waals surface area contributed by atoms with Gasteiger partial charge in [0.2, 0.25) is 0 Å². The molecule has 0 unspecified atom stereocenters. The zero-order chi connectivity index (χ0) is 16.2. The molecule has 0 fully saturated rings. The van der Waals surface area contributed by atoms with E-state index in [1.165, 1.54) is 0 Å². The molecule has 1 amide bonds. The van der Waals surface area contributed by atoms with Gasteiger partial charge in [0.25, 0.3) is 5.91 Å². The van der Waals surface area contributed by atoms with E-state index >= 15 is 0 Å². The third kappa shape index (κ3) is 3.48. The Morgan fingerprint density at radius 2 is 1.96 bits per heavy atom. The van der Waals surface area contributed by atoms with Gasteiger partial charge in [0.15, 0.2) is 17.3 Å². The Hall–Kier alpha value is -2.47. The van der Waals surface area contributed by atoms with E-state index in [-0.39, 0.29) is 5.91 Å². The Morgan fingerprint density at radius 3 is 2.74 bits per heavy atom.